The molecule has 54 valence electrons. The van der Waals surface area contributed by atoms with E-state index >= 15 is 0 Å². The Kier molecular flexibility index (Phi) is 2.08. The lowest BCUT2D eigenvalue weighted by Gasteiger charge is -2.31. The standard InChI is InChI=1S/C5H11NO2S/c1-4-2-5(3-4)6-9(7)8/h4-5,9H,2-3H2,1H3,(H,6,7,8)/t4-,5+. The van der Waals surface area contributed by atoms with Crippen LogP contribution in [0.25, 0.3) is 0 Å². The molecule has 1 fully saturated rings. The van der Waals surface area contributed by atoms with E-state index in [4.69, 9.17) is 0 Å². The van der Waals surface area contributed by atoms with Crippen LogP contribution >= 0.6 is 0 Å². The molecule has 9 heavy (non-hydrogen) atoms. The van der Waals surface area contributed by atoms with Crippen LogP contribution in [-0.2, 0) is 10.9 Å². The number of hydrogen-bond acceptors (Lipinski definition) is 2. The minimum absolute atomic E-state index is 0.237. The summed E-state index contributed by atoms with van der Waals surface area (Å²) in [5.74, 6) is 0.706. The van der Waals surface area contributed by atoms with Crippen molar-refractivity contribution in [3.8, 4) is 0 Å². The van der Waals surface area contributed by atoms with Crippen LogP contribution in [0.2, 0.25) is 0 Å². The van der Waals surface area contributed by atoms with Gasteiger partial charge in [-0.1, -0.05) is 6.92 Å². The zero-order chi connectivity index (χ0) is 6.85. The highest BCUT2D eigenvalue weighted by Gasteiger charge is 2.24. The fraction of sp³-hybridized carbons (Fsp3) is 1.00. The smallest absolute Gasteiger partial charge is 0.201 e. The molecule has 0 unspecified atom stereocenters. The van der Waals surface area contributed by atoms with Crippen molar-refractivity contribution in [2.45, 2.75) is 25.8 Å². The van der Waals surface area contributed by atoms with E-state index in [9.17, 15) is 8.42 Å². The second kappa shape index (κ2) is 2.66. The molecular formula is C5H11NO2S. The fourth-order valence-electron chi connectivity index (χ4n) is 1.16. The largest absolute Gasteiger partial charge is 0.216 e. The average molecular weight is 149 g/mol. The van der Waals surface area contributed by atoms with Crippen molar-refractivity contribution in [1.29, 1.82) is 0 Å². The maximum Gasteiger partial charge on any atom is 0.201 e. The van der Waals surface area contributed by atoms with Crippen molar-refractivity contribution < 1.29 is 8.42 Å². The second-order valence-corrected chi connectivity index (χ2v) is 3.43. The van der Waals surface area contributed by atoms with Gasteiger partial charge in [-0.15, -0.1) is 0 Å². The van der Waals surface area contributed by atoms with E-state index in [1.807, 2.05) is 0 Å². The molecule has 0 aromatic carbocycles. The first-order valence-electron chi connectivity index (χ1n) is 3.09. The third-order valence-electron chi connectivity index (χ3n) is 1.66. The molecule has 0 atom stereocenters. The summed E-state index contributed by atoms with van der Waals surface area (Å²) >= 11 is 0. The maximum absolute atomic E-state index is 10.0. The van der Waals surface area contributed by atoms with Crippen molar-refractivity contribution in [2.24, 2.45) is 5.92 Å². The average Bonchev–Trinajstić information content (AvgIpc) is 1.60. The zero-order valence-corrected chi connectivity index (χ0v) is 6.23. The lowest BCUT2D eigenvalue weighted by atomic mass is 9.83. The van der Waals surface area contributed by atoms with E-state index in [0.717, 1.165) is 12.8 Å². The van der Waals surface area contributed by atoms with Gasteiger partial charge in [0.25, 0.3) is 0 Å². The van der Waals surface area contributed by atoms with Gasteiger partial charge in [0.05, 0.1) is 0 Å². The molecule has 1 aliphatic rings. The Morgan fingerprint density at radius 2 is 2.00 bits per heavy atom. The van der Waals surface area contributed by atoms with Gasteiger partial charge in [-0.05, 0) is 18.8 Å². The highest BCUT2D eigenvalue weighted by Crippen LogP contribution is 2.25. The van der Waals surface area contributed by atoms with Gasteiger partial charge in [0.15, 0.2) is 0 Å². The lowest BCUT2D eigenvalue weighted by Crippen LogP contribution is -2.38. The second-order valence-electron chi connectivity index (χ2n) is 2.66. The third kappa shape index (κ3) is 1.95. The molecule has 0 aliphatic heterocycles. The van der Waals surface area contributed by atoms with Crippen molar-refractivity contribution in [2.75, 3.05) is 0 Å². The Labute approximate surface area is 56.5 Å². The molecule has 1 rings (SSSR count). The molecule has 0 aromatic heterocycles. The molecule has 0 saturated heterocycles. The Bertz CT molecular complexity index is 152. The fourth-order valence-corrected chi connectivity index (χ4v) is 1.67. The first-order chi connectivity index (χ1) is 4.18. The lowest BCUT2D eigenvalue weighted by molar-refractivity contribution is 0.272. The van der Waals surface area contributed by atoms with Gasteiger partial charge in [0.1, 0.15) is 0 Å². The summed E-state index contributed by atoms with van der Waals surface area (Å²) in [4.78, 5) is 0. The molecule has 0 heterocycles. The predicted molar refractivity (Wildman–Crippen MR) is 35.6 cm³/mol. The molecule has 1 saturated carbocycles. The van der Waals surface area contributed by atoms with E-state index in [1.165, 1.54) is 0 Å². The third-order valence-corrected chi connectivity index (χ3v) is 2.24. The van der Waals surface area contributed by atoms with E-state index < -0.39 is 10.9 Å². The van der Waals surface area contributed by atoms with E-state index in [1.54, 1.807) is 0 Å². The predicted octanol–water partition coefficient (Wildman–Crippen LogP) is -0.0991. The van der Waals surface area contributed by atoms with Crippen molar-refractivity contribution in [1.82, 2.24) is 4.72 Å². The Morgan fingerprint density at radius 3 is 2.33 bits per heavy atom. The van der Waals surface area contributed by atoms with Crippen LogP contribution in [0, 0.1) is 5.92 Å². The van der Waals surface area contributed by atoms with Crippen LogP contribution in [0.5, 0.6) is 0 Å². The molecule has 0 bridgehead atoms. The molecular weight excluding hydrogens is 138 g/mol. The number of hydrogen-bond donors (Lipinski definition) is 2. The quantitative estimate of drug-likeness (QED) is 0.539. The first kappa shape index (κ1) is 7.02. The van der Waals surface area contributed by atoms with Crippen LogP contribution < -0.4 is 4.72 Å². The van der Waals surface area contributed by atoms with Crippen LogP contribution in [0.4, 0.5) is 0 Å². The Balaban J connectivity index is 2.18. The van der Waals surface area contributed by atoms with E-state index in [0.29, 0.717) is 5.92 Å². The molecule has 0 aromatic rings. The zero-order valence-electron chi connectivity index (χ0n) is 5.33. The monoisotopic (exact) mass is 149 g/mol. The van der Waals surface area contributed by atoms with Gasteiger partial charge in [-0.25, -0.2) is 13.1 Å². The molecule has 1 N–H and O–H groups in total. The highest BCUT2D eigenvalue weighted by atomic mass is 32.2. The van der Waals surface area contributed by atoms with Gasteiger partial charge in [0, 0.05) is 6.04 Å². The first-order valence-corrected chi connectivity index (χ1v) is 4.27. The van der Waals surface area contributed by atoms with Crippen LogP contribution in [-0.4, -0.2) is 14.5 Å². The summed E-state index contributed by atoms with van der Waals surface area (Å²) in [5, 5.41) is 0. The SMILES string of the molecule is C[C@H]1C[C@@H](N[SH](=O)=O)C1. The Hall–Kier alpha value is -0.0900. The summed E-state index contributed by atoms with van der Waals surface area (Å²) < 4.78 is 22.5. The minimum atomic E-state index is -2.36. The number of nitrogens with one attached hydrogen (secondary N) is 1. The number of rotatable bonds is 2. The molecule has 0 spiro atoms. The van der Waals surface area contributed by atoms with Gasteiger partial charge in [0.2, 0.25) is 10.9 Å². The summed E-state index contributed by atoms with van der Waals surface area (Å²) in [6.45, 7) is 2.12. The highest BCUT2D eigenvalue weighted by molar-refractivity contribution is 7.70. The van der Waals surface area contributed by atoms with E-state index in [-0.39, 0.29) is 6.04 Å². The van der Waals surface area contributed by atoms with Crippen molar-refractivity contribution >= 4 is 10.9 Å². The minimum Gasteiger partial charge on any atom is -0.216 e. The van der Waals surface area contributed by atoms with Crippen LogP contribution in [0.3, 0.4) is 0 Å². The Morgan fingerprint density at radius 1 is 1.44 bits per heavy atom. The van der Waals surface area contributed by atoms with Gasteiger partial charge in [-0.3, -0.25) is 0 Å². The van der Waals surface area contributed by atoms with Gasteiger partial charge in [-0.2, -0.15) is 0 Å². The van der Waals surface area contributed by atoms with Crippen molar-refractivity contribution in [3.05, 3.63) is 0 Å². The van der Waals surface area contributed by atoms with Gasteiger partial charge < -0.3 is 0 Å². The van der Waals surface area contributed by atoms with E-state index in [2.05, 4.69) is 11.6 Å². The normalized spacial score (nSPS) is 34.4. The molecule has 0 radical (unpaired) electrons. The van der Waals surface area contributed by atoms with Gasteiger partial charge >= 0.3 is 0 Å². The summed E-state index contributed by atoms with van der Waals surface area (Å²) in [7, 11) is -2.36. The molecule has 1 aliphatic carbocycles. The molecule has 3 nitrogen and oxygen atoms in total. The summed E-state index contributed by atoms with van der Waals surface area (Å²) in [6.07, 6.45) is 2.01. The summed E-state index contributed by atoms with van der Waals surface area (Å²) in [6, 6.07) is 0.237. The topological polar surface area (TPSA) is 46.2 Å². The summed E-state index contributed by atoms with van der Waals surface area (Å²) in [5.41, 5.74) is 0. The number of thiol groups is 1. The van der Waals surface area contributed by atoms with Crippen LogP contribution in [0.1, 0.15) is 19.8 Å². The molecule has 0 amide bonds. The maximum atomic E-state index is 10.0. The van der Waals surface area contributed by atoms with Crippen LogP contribution in [0.15, 0.2) is 0 Å². The van der Waals surface area contributed by atoms with Crippen molar-refractivity contribution in [3.63, 3.8) is 0 Å². The molecule has 4 heteroatoms.